The number of halogens is 1. The number of hydrogen-bond donors (Lipinski definition) is 0. The van der Waals surface area contributed by atoms with Crippen molar-refractivity contribution in [1.82, 2.24) is 14.4 Å². The molecular formula is C25H30FN3O6S. The van der Waals surface area contributed by atoms with Crippen LogP contribution in [0.3, 0.4) is 0 Å². The van der Waals surface area contributed by atoms with Crippen LogP contribution < -0.4 is 0 Å². The van der Waals surface area contributed by atoms with Crippen molar-refractivity contribution in [2.24, 2.45) is 5.92 Å². The van der Waals surface area contributed by atoms with Crippen LogP contribution >= 0.6 is 0 Å². The van der Waals surface area contributed by atoms with Gasteiger partial charge in [0.1, 0.15) is 11.5 Å². The predicted octanol–water partition coefficient (Wildman–Crippen LogP) is 3.06. The molecule has 3 fully saturated rings. The molecule has 3 aliphatic heterocycles. The van der Waals surface area contributed by atoms with Gasteiger partial charge in [0, 0.05) is 50.5 Å². The Hall–Kier alpha value is -2.60. The molecular weight excluding hydrogens is 489 g/mol. The van der Waals surface area contributed by atoms with Crippen LogP contribution in [-0.4, -0.2) is 73.9 Å². The van der Waals surface area contributed by atoms with Crippen molar-refractivity contribution in [1.29, 1.82) is 0 Å². The molecule has 3 saturated heterocycles. The van der Waals surface area contributed by atoms with E-state index in [1.54, 1.807) is 25.1 Å². The second-order valence-electron chi connectivity index (χ2n) is 9.43. The van der Waals surface area contributed by atoms with Gasteiger partial charge in [0.15, 0.2) is 16.4 Å². The normalized spacial score (nSPS) is 21.6. The molecule has 11 heteroatoms. The molecule has 4 heterocycles. The van der Waals surface area contributed by atoms with Gasteiger partial charge in [-0.1, -0.05) is 23.4 Å². The fraction of sp³-hybridized carbons (Fsp3) is 0.520. The Morgan fingerprint density at radius 2 is 1.75 bits per heavy atom. The van der Waals surface area contributed by atoms with Gasteiger partial charge >= 0.3 is 0 Å². The third-order valence-electron chi connectivity index (χ3n) is 7.20. The summed E-state index contributed by atoms with van der Waals surface area (Å²) in [5.74, 6) is -1.07. The first kappa shape index (κ1) is 25.1. The number of piperidine rings is 2. The van der Waals surface area contributed by atoms with Crippen molar-refractivity contribution in [2.75, 3.05) is 39.4 Å². The van der Waals surface area contributed by atoms with E-state index in [-0.39, 0.29) is 41.3 Å². The van der Waals surface area contributed by atoms with E-state index in [1.165, 1.54) is 22.5 Å². The van der Waals surface area contributed by atoms with Gasteiger partial charge in [-0.15, -0.1) is 0 Å². The van der Waals surface area contributed by atoms with E-state index in [4.69, 9.17) is 14.0 Å². The highest BCUT2D eigenvalue weighted by atomic mass is 32.2. The highest BCUT2D eigenvalue weighted by molar-refractivity contribution is 7.89. The van der Waals surface area contributed by atoms with Crippen LogP contribution in [0.4, 0.5) is 4.39 Å². The van der Waals surface area contributed by atoms with Gasteiger partial charge in [-0.05, 0) is 38.0 Å². The summed E-state index contributed by atoms with van der Waals surface area (Å²) in [5.41, 5.74) is 0.545. The molecule has 1 aromatic carbocycles. The Balaban J connectivity index is 1.23. The number of carbonyl (C=O) groups excluding carboxylic acids is 1. The van der Waals surface area contributed by atoms with Crippen LogP contribution in [0.15, 0.2) is 33.7 Å². The average Bonchev–Trinajstić information content (AvgIpc) is 3.50. The summed E-state index contributed by atoms with van der Waals surface area (Å²) in [5, 5.41) is 3.84. The third kappa shape index (κ3) is 4.84. The molecule has 0 bridgehead atoms. The van der Waals surface area contributed by atoms with E-state index in [9.17, 15) is 17.6 Å². The second-order valence-corrected chi connectivity index (χ2v) is 11.3. The zero-order chi connectivity index (χ0) is 25.3. The Kier molecular flexibility index (Phi) is 6.99. The Morgan fingerprint density at radius 1 is 1.08 bits per heavy atom. The van der Waals surface area contributed by atoms with Crippen LogP contribution in [0.25, 0.3) is 12.2 Å². The van der Waals surface area contributed by atoms with Gasteiger partial charge in [0.25, 0.3) is 0 Å². The van der Waals surface area contributed by atoms with Gasteiger partial charge < -0.3 is 18.9 Å². The van der Waals surface area contributed by atoms with Crippen molar-refractivity contribution in [3.63, 3.8) is 0 Å². The minimum atomic E-state index is -3.91. The van der Waals surface area contributed by atoms with Crippen molar-refractivity contribution in [3.8, 4) is 0 Å². The number of carbonyl (C=O) groups is 1. The molecule has 1 amide bonds. The van der Waals surface area contributed by atoms with Crippen LogP contribution in [-0.2, 0) is 24.3 Å². The molecule has 5 rings (SSSR count). The minimum absolute atomic E-state index is 0.0299. The summed E-state index contributed by atoms with van der Waals surface area (Å²) in [6.45, 7) is 4.35. The number of ether oxygens (including phenoxy) is 2. The van der Waals surface area contributed by atoms with Crippen molar-refractivity contribution in [2.45, 2.75) is 43.3 Å². The first-order valence-corrected chi connectivity index (χ1v) is 13.7. The first-order valence-electron chi connectivity index (χ1n) is 12.2. The predicted molar refractivity (Wildman–Crippen MR) is 128 cm³/mol. The molecule has 0 aliphatic carbocycles. The summed E-state index contributed by atoms with van der Waals surface area (Å²) in [4.78, 5) is 14.9. The van der Waals surface area contributed by atoms with E-state index in [0.29, 0.717) is 57.6 Å². The van der Waals surface area contributed by atoms with Gasteiger partial charge in [-0.2, -0.15) is 4.31 Å². The molecule has 3 aliphatic rings. The monoisotopic (exact) mass is 519 g/mol. The topological polar surface area (TPSA) is 102 Å². The van der Waals surface area contributed by atoms with E-state index < -0.39 is 21.6 Å². The lowest BCUT2D eigenvalue weighted by molar-refractivity contribution is -0.188. The van der Waals surface area contributed by atoms with E-state index in [0.717, 1.165) is 0 Å². The number of hydrogen-bond acceptors (Lipinski definition) is 7. The average molecular weight is 520 g/mol. The third-order valence-corrected chi connectivity index (χ3v) is 9.26. The van der Waals surface area contributed by atoms with Crippen LogP contribution in [0.2, 0.25) is 0 Å². The largest absolute Gasteiger partial charge is 0.355 e. The Morgan fingerprint density at radius 3 is 2.42 bits per heavy atom. The fourth-order valence-corrected chi connectivity index (χ4v) is 6.88. The van der Waals surface area contributed by atoms with E-state index in [2.05, 4.69) is 5.16 Å². The standard InChI is InChI=1S/C25H30FN3O6S/c1-18-23(22(35-27-18)7-6-19-4-2-3-5-21(19)26)36(31,32)29-12-8-20(9-13-29)24(30)28-14-10-25(11-15-28)33-16-17-34-25/h2-7,20H,8-17H2,1H3/b7-6+. The lowest BCUT2D eigenvalue weighted by Crippen LogP contribution is -2.50. The van der Waals surface area contributed by atoms with E-state index >= 15 is 0 Å². The fourth-order valence-electron chi connectivity index (χ4n) is 5.16. The van der Waals surface area contributed by atoms with Gasteiger partial charge in [-0.25, -0.2) is 12.8 Å². The maximum Gasteiger partial charge on any atom is 0.248 e. The number of likely N-dealkylation sites (tertiary alicyclic amines) is 1. The number of sulfonamides is 1. The summed E-state index contributed by atoms with van der Waals surface area (Å²) in [6, 6.07) is 6.18. The van der Waals surface area contributed by atoms with Crippen LogP contribution in [0, 0.1) is 18.7 Å². The van der Waals surface area contributed by atoms with Crippen LogP contribution in [0.5, 0.6) is 0 Å². The summed E-state index contributed by atoms with van der Waals surface area (Å²) < 4.78 is 59.1. The molecule has 36 heavy (non-hydrogen) atoms. The first-order chi connectivity index (χ1) is 17.3. The molecule has 194 valence electrons. The smallest absolute Gasteiger partial charge is 0.248 e. The lowest BCUT2D eigenvalue weighted by atomic mass is 9.94. The molecule has 0 unspecified atom stereocenters. The molecule has 1 aromatic heterocycles. The number of aryl methyl sites for hydroxylation is 1. The molecule has 0 saturated carbocycles. The van der Waals surface area contributed by atoms with Crippen molar-refractivity contribution >= 4 is 28.1 Å². The molecule has 9 nitrogen and oxygen atoms in total. The van der Waals surface area contributed by atoms with Crippen LogP contribution in [0.1, 0.15) is 42.7 Å². The molecule has 0 radical (unpaired) electrons. The molecule has 1 spiro atoms. The maximum atomic E-state index is 14.0. The van der Waals surface area contributed by atoms with Gasteiger partial charge in [0.2, 0.25) is 15.9 Å². The molecule has 0 N–H and O–H groups in total. The van der Waals surface area contributed by atoms with Crippen molar-refractivity contribution < 1.29 is 31.6 Å². The molecule has 2 aromatic rings. The zero-order valence-corrected chi connectivity index (χ0v) is 21.0. The number of aromatic nitrogens is 1. The number of nitrogens with zero attached hydrogens (tertiary/aromatic N) is 3. The quantitative estimate of drug-likeness (QED) is 0.598. The van der Waals surface area contributed by atoms with Gasteiger partial charge in [-0.3, -0.25) is 4.79 Å². The zero-order valence-electron chi connectivity index (χ0n) is 20.2. The minimum Gasteiger partial charge on any atom is -0.355 e. The van der Waals surface area contributed by atoms with Gasteiger partial charge in [0.05, 0.1) is 13.2 Å². The number of benzene rings is 1. The number of rotatable bonds is 5. The lowest BCUT2D eigenvalue weighted by Gasteiger charge is -2.40. The number of amides is 1. The highest BCUT2D eigenvalue weighted by Gasteiger charge is 2.42. The van der Waals surface area contributed by atoms with E-state index in [1.807, 2.05) is 4.90 Å². The summed E-state index contributed by atoms with van der Waals surface area (Å²) in [7, 11) is -3.91. The second kappa shape index (κ2) is 10.0. The summed E-state index contributed by atoms with van der Waals surface area (Å²) in [6.07, 6.45) is 5.07. The highest BCUT2D eigenvalue weighted by Crippen LogP contribution is 2.34. The Bertz CT molecular complexity index is 1240. The maximum absolute atomic E-state index is 14.0. The van der Waals surface area contributed by atoms with Crippen molar-refractivity contribution in [3.05, 3.63) is 47.1 Å². The molecule has 0 atom stereocenters. The SMILES string of the molecule is Cc1noc(/C=C/c2ccccc2F)c1S(=O)(=O)N1CCC(C(=O)N2CCC3(CC2)OCCO3)CC1. The summed E-state index contributed by atoms with van der Waals surface area (Å²) >= 11 is 0. The Labute approximate surface area is 209 Å².